The van der Waals surface area contributed by atoms with Gasteiger partial charge in [0.05, 0.1) is 66.3 Å². The Morgan fingerprint density at radius 3 is 1.82 bits per heavy atom. The predicted molar refractivity (Wildman–Crippen MR) is 346 cm³/mol. The topological polar surface area (TPSA) is 35.9 Å². The Balaban J connectivity index is 1.01. The maximum atomic E-state index is 10.9. The van der Waals surface area contributed by atoms with E-state index in [9.17, 15) is 13.7 Å². The lowest BCUT2D eigenvalue weighted by atomic mass is 9.85. The fourth-order valence-electron chi connectivity index (χ4n) is 10.8. The Bertz CT molecular complexity index is 6040. The largest absolute Gasteiger partial charge is 0.458 e. The minimum atomic E-state index is -6.27. The molecule has 0 spiro atoms. The molecule has 0 saturated carbocycles. The predicted octanol–water partition coefficient (Wildman–Crippen LogP) is 16.0. The molecular weight excluding hydrogens is 1020 g/mol. The van der Waals surface area contributed by atoms with Crippen LogP contribution in [0.25, 0.3) is 83.4 Å². The first-order chi connectivity index (χ1) is 51.9. The van der Waals surface area contributed by atoms with E-state index in [1.165, 1.54) is 18.3 Å². The van der Waals surface area contributed by atoms with E-state index in [0.29, 0.717) is 50.4 Å². The molecule has 0 N–H and O–H groups in total. The van der Waals surface area contributed by atoms with Crippen LogP contribution in [0.2, 0.25) is 0 Å². The highest BCUT2D eigenvalue weighted by Gasteiger charge is 2.41. The van der Waals surface area contributed by atoms with Crippen LogP contribution in [0.4, 0.5) is 0 Å². The first-order valence-corrected chi connectivity index (χ1v) is 28.3. The van der Waals surface area contributed by atoms with Gasteiger partial charge in [-0.15, -0.1) is 0 Å². The van der Waals surface area contributed by atoms with E-state index in [1.54, 1.807) is 92.6 Å². The van der Waals surface area contributed by atoms with Crippen LogP contribution >= 0.6 is 0 Å². The molecule has 6 heteroatoms. The molecule has 5 nitrogen and oxygen atoms in total. The van der Waals surface area contributed by atoms with E-state index in [4.69, 9.17) is 33.0 Å². The van der Waals surface area contributed by atoms with Gasteiger partial charge in [0, 0.05) is 32.7 Å². The Morgan fingerprint density at radius 2 is 1.11 bits per heavy atom. The molecule has 0 aliphatic carbocycles. The second kappa shape index (κ2) is 21.1. The molecule has 3 aromatic heterocycles. The number of para-hydroxylation sites is 4. The van der Waals surface area contributed by atoms with Crippen LogP contribution in [0, 0.1) is 13.2 Å². The second-order valence-electron chi connectivity index (χ2n) is 20.5. The zero-order chi connectivity index (χ0) is 79.5. The molecule has 3 heterocycles. The van der Waals surface area contributed by atoms with Crippen molar-refractivity contribution < 1.29 is 46.3 Å². The minimum absolute atomic E-state index is 0.0663. The summed E-state index contributed by atoms with van der Waals surface area (Å²) < 4.78 is 261. The van der Waals surface area contributed by atoms with Crippen molar-refractivity contribution in [2.45, 2.75) is 33.0 Å². The number of aromatic nitrogens is 4. The number of rotatable bonds is 12. The molecule has 0 radical (unpaired) electrons. The summed E-state index contributed by atoms with van der Waals surface area (Å²) in [4.78, 5) is 4.71. The molecule has 83 heavy (non-hydrogen) atoms. The number of aryl methyl sites for hydroxylation is 1. The van der Waals surface area contributed by atoms with Crippen LogP contribution in [0.5, 0.6) is 11.5 Å². The summed E-state index contributed by atoms with van der Waals surface area (Å²) >= 11 is 0. The maximum absolute atomic E-state index is 10.9. The molecule has 0 saturated heterocycles. The van der Waals surface area contributed by atoms with Crippen molar-refractivity contribution in [1.29, 1.82) is 0 Å². The average molecular weight is 1110 g/mol. The third-order valence-corrected chi connectivity index (χ3v) is 18.6. The van der Waals surface area contributed by atoms with Crippen LogP contribution in [0.3, 0.4) is 0 Å². The van der Waals surface area contributed by atoms with Crippen LogP contribution in [0.15, 0.2) is 291 Å². The Labute approximate surface area is 524 Å². The highest BCUT2D eigenvalue weighted by atomic mass is 28.3. The third-order valence-electron chi connectivity index (χ3n) is 14.6. The Hall–Kier alpha value is -10.1. The highest BCUT2D eigenvalue weighted by Crippen LogP contribution is 2.39. The quantitative estimate of drug-likeness (QED) is 0.0529. The molecule has 14 rings (SSSR count). The summed E-state index contributed by atoms with van der Waals surface area (Å²) in [5.41, 5.74) is 2.66. The molecule has 0 atom stereocenters. The summed E-state index contributed by atoms with van der Waals surface area (Å²) in [5.74, 6) is 0.727. The number of nitrogens with zero attached hydrogens (tertiary/aromatic N) is 4. The van der Waals surface area contributed by atoms with E-state index in [1.807, 2.05) is 69.3 Å². The van der Waals surface area contributed by atoms with Crippen LogP contribution in [0.1, 0.15) is 68.9 Å². The number of imidazole rings is 1. The molecule has 0 amide bonds. The highest BCUT2D eigenvalue weighted by molar-refractivity contribution is 7.19. The fourth-order valence-corrected chi connectivity index (χ4v) is 14.3. The lowest BCUT2D eigenvalue weighted by Gasteiger charge is -2.34. The van der Waals surface area contributed by atoms with E-state index >= 15 is 0 Å². The summed E-state index contributed by atoms with van der Waals surface area (Å²) in [5, 5.41) is -2.39. The molecule has 14 aromatic rings. The smallest absolute Gasteiger partial charge is 0.269 e. The second-order valence-corrected chi connectivity index (χ2v) is 24.0. The lowest BCUT2D eigenvalue weighted by Crippen LogP contribution is -2.74. The molecule has 0 aliphatic heterocycles. The van der Waals surface area contributed by atoms with Gasteiger partial charge < -0.3 is 4.74 Å². The molecule has 0 unspecified atom stereocenters. The number of hydrogen-bond acceptors (Lipinski definition) is 2. The summed E-state index contributed by atoms with van der Waals surface area (Å²) in [6.45, 7) is 3.18. The molecule has 0 bridgehead atoms. The average Bonchev–Trinajstić information content (AvgIpc) is 0.772. The van der Waals surface area contributed by atoms with E-state index < -0.39 is 192 Å². The van der Waals surface area contributed by atoms with Crippen LogP contribution < -0.4 is 30.1 Å². The Kier molecular flexibility index (Phi) is 7.50. The fraction of sp³-hybridized carbons (Fsp3) is 0.0649. The molecule has 11 aromatic carbocycles. The zero-order valence-corrected chi connectivity index (χ0v) is 45.6. The van der Waals surface area contributed by atoms with Gasteiger partial charge in [0.25, 0.3) is 6.33 Å². The van der Waals surface area contributed by atoms with Gasteiger partial charge in [-0.25, -0.2) is 4.98 Å². The van der Waals surface area contributed by atoms with E-state index in [0.717, 1.165) is 16.3 Å². The van der Waals surface area contributed by atoms with Crippen molar-refractivity contribution in [2.24, 2.45) is 0 Å². The normalized spacial score (nSPS) is 16.6. The first-order valence-electron chi connectivity index (χ1n) is 39.8. The van der Waals surface area contributed by atoms with Crippen LogP contribution in [-0.4, -0.2) is 22.2 Å². The van der Waals surface area contributed by atoms with Gasteiger partial charge in [0.2, 0.25) is 0 Å². The zero-order valence-electron chi connectivity index (χ0n) is 71.6. The van der Waals surface area contributed by atoms with Gasteiger partial charge in [0.1, 0.15) is 17.3 Å². The minimum Gasteiger partial charge on any atom is -0.458 e. The van der Waals surface area contributed by atoms with Crippen molar-refractivity contribution in [3.8, 4) is 62.1 Å². The maximum Gasteiger partial charge on any atom is 0.269 e. The van der Waals surface area contributed by atoms with Gasteiger partial charge in [-0.05, 0) is 114 Å². The number of hydrogen-bond donors (Lipinski definition) is 0. The lowest BCUT2D eigenvalue weighted by molar-refractivity contribution is -0.571. The van der Waals surface area contributed by atoms with Gasteiger partial charge in [-0.2, -0.15) is 0 Å². The number of pyridine rings is 1. The van der Waals surface area contributed by atoms with Crippen molar-refractivity contribution in [2.75, 3.05) is 0 Å². The number of benzene rings is 11. The van der Waals surface area contributed by atoms with Crippen molar-refractivity contribution in [1.82, 2.24) is 14.1 Å². The molecule has 398 valence electrons. The molecule has 0 fully saturated rings. The molecular formula is C77H60N4OSi. The van der Waals surface area contributed by atoms with E-state index in [2.05, 4.69) is 6.33 Å². The van der Waals surface area contributed by atoms with Crippen molar-refractivity contribution >= 4 is 61.7 Å². The standard InChI is InChI=1S/C77H60N4OSi/c1-54-47-75(78-52-70(54)55-25-9-5-10-26-55)81-71-42-18-17-39-68(71)69-46-45-61(51-74(69)81)82-60-31-23-30-59(50-60)79-53-80(73-44-20-19-43-72(73)79)76-66(56-27-21-29-58(48-56)77(2,3)4)40-24-41-67(76)57-28-22-38-65(49-57)83(62-32-11-6-12-33-62,63-34-13-7-14-35-63)64-36-15-8-16-37-64/h5-52H,1-4H3/i1D3,5D,6D,7D,8D,9D,10D,11D,12D,13D,14D,15D,16D,22D,25D,26D,28D,32D,33D,34D,35D,36D,37D,38D,49D. The Morgan fingerprint density at radius 1 is 0.506 bits per heavy atom. The summed E-state index contributed by atoms with van der Waals surface area (Å²) in [6, 6.07) is 17.1. The van der Waals surface area contributed by atoms with Crippen LogP contribution in [-0.2, 0) is 5.41 Å². The number of ether oxygens (including phenoxy) is 1. The SMILES string of the molecule is [2H]c1c([2H])c([2H])c(-c2cnc(-n3c4ccccc4c4ccc(Oc5cccc(-n6[c-][n+](-c7c(-c8cccc(C(C)(C)C)c8)cccc7-c7c([2H])c([2H])c([2H])c([Si](c8c([2H])c([2H])c([2H])c([2H])c8[2H])(c8c([2H])c([2H])c([2H])c([2H])c8[2H])c8c([2H])c([2H])c([2H])c([2H])c8[2H])c7[2H])c7ccccc76)c5)cc43)cc2C([2H])([2H])[2H])c([2H])c1[2H]. The monoisotopic (exact) mass is 1110 g/mol. The van der Waals surface area contributed by atoms with Gasteiger partial charge in [-0.3, -0.25) is 13.7 Å². The third kappa shape index (κ3) is 9.14. The van der Waals surface area contributed by atoms with Gasteiger partial charge in [-0.1, -0.05) is 257 Å². The van der Waals surface area contributed by atoms with E-state index in [-0.39, 0.29) is 33.8 Å². The van der Waals surface area contributed by atoms with Crippen molar-refractivity contribution in [3.05, 3.63) is 308 Å². The van der Waals surface area contributed by atoms with Gasteiger partial charge >= 0.3 is 0 Å². The van der Waals surface area contributed by atoms with Gasteiger partial charge in [0.15, 0.2) is 8.07 Å². The first kappa shape index (κ1) is 29.5. The molecule has 0 aliphatic rings. The van der Waals surface area contributed by atoms with Crippen molar-refractivity contribution in [3.63, 3.8) is 0 Å². The summed E-state index contributed by atoms with van der Waals surface area (Å²) in [6.07, 6.45) is 4.72. The number of fused-ring (bicyclic) bond motifs is 4. The summed E-state index contributed by atoms with van der Waals surface area (Å²) in [7, 11) is -6.27.